The molecule has 1 rings (SSSR count). The van der Waals surface area contributed by atoms with Crippen LogP contribution in [0.25, 0.3) is 6.08 Å². The quantitative estimate of drug-likeness (QED) is 0.561. The summed E-state index contributed by atoms with van der Waals surface area (Å²) in [4.78, 5) is 14.6. The van der Waals surface area contributed by atoms with E-state index in [9.17, 15) is 4.79 Å². The van der Waals surface area contributed by atoms with Crippen molar-refractivity contribution in [3.63, 3.8) is 0 Å². The maximum Gasteiger partial charge on any atom is 0.147 e. The molecular weight excluding hydrogens is 206 g/mol. The number of hydrogen-bond acceptors (Lipinski definition) is 4. The number of carbonyl (C=O) groups excluding carboxylic acids is 1. The average molecular weight is 221 g/mol. The van der Waals surface area contributed by atoms with E-state index < -0.39 is 0 Å². The molecule has 0 atom stereocenters. The van der Waals surface area contributed by atoms with Gasteiger partial charge in [0.05, 0.1) is 19.4 Å². The van der Waals surface area contributed by atoms with Crippen LogP contribution in [0.2, 0.25) is 0 Å². The Morgan fingerprint density at radius 3 is 2.75 bits per heavy atom. The lowest BCUT2D eigenvalue weighted by Gasteiger charge is -2.12. The van der Waals surface area contributed by atoms with E-state index in [0.717, 1.165) is 23.1 Å². The fraction of sp³-hybridized carbons (Fsp3) is 0.333. The van der Waals surface area contributed by atoms with Crippen molar-refractivity contribution in [1.82, 2.24) is 4.98 Å². The maximum atomic E-state index is 10.4. The predicted octanol–water partition coefficient (Wildman–Crippen LogP) is 1.76. The lowest BCUT2D eigenvalue weighted by molar-refractivity contribution is -0.104. The van der Waals surface area contributed by atoms with Crippen molar-refractivity contribution < 1.29 is 14.3 Å². The van der Waals surface area contributed by atoms with Gasteiger partial charge in [0, 0.05) is 24.4 Å². The van der Waals surface area contributed by atoms with Crippen LogP contribution in [0.15, 0.2) is 12.3 Å². The van der Waals surface area contributed by atoms with Gasteiger partial charge in [-0.25, -0.2) is 0 Å². The fourth-order valence-corrected chi connectivity index (χ4v) is 1.49. The summed E-state index contributed by atoms with van der Waals surface area (Å²) in [5.74, 6) is 0.674. The van der Waals surface area contributed by atoms with Gasteiger partial charge in [-0.3, -0.25) is 9.78 Å². The van der Waals surface area contributed by atoms with Crippen molar-refractivity contribution in [3.05, 3.63) is 29.1 Å². The third kappa shape index (κ3) is 2.67. The molecule has 4 heteroatoms. The van der Waals surface area contributed by atoms with Gasteiger partial charge >= 0.3 is 0 Å². The van der Waals surface area contributed by atoms with Crippen LogP contribution in [0.3, 0.4) is 0 Å². The highest BCUT2D eigenvalue weighted by Crippen LogP contribution is 2.26. The Kier molecular flexibility index (Phi) is 4.66. The van der Waals surface area contributed by atoms with Crippen molar-refractivity contribution in [2.45, 2.75) is 13.5 Å². The molecule has 0 fully saturated rings. The van der Waals surface area contributed by atoms with Crippen LogP contribution in [-0.2, 0) is 16.1 Å². The summed E-state index contributed by atoms with van der Waals surface area (Å²) in [6.45, 7) is 2.29. The molecule has 16 heavy (non-hydrogen) atoms. The molecule has 0 amide bonds. The van der Waals surface area contributed by atoms with Crippen LogP contribution in [0, 0.1) is 6.92 Å². The van der Waals surface area contributed by atoms with Crippen LogP contribution in [0.5, 0.6) is 5.75 Å². The van der Waals surface area contributed by atoms with Crippen LogP contribution >= 0.6 is 0 Å². The van der Waals surface area contributed by atoms with E-state index in [4.69, 9.17) is 9.47 Å². The van der Waals surface area contributed by atoms with E-state index in [-0.39, 0.29) is 0 Å². The molecule has 1 heterocycles. The molecule has 0 saturated heterocycles. The first-order chi connectivity index (χ1) is 7.74. The Bertz CT molecular complexity index is 399. The summed E-state index contributed by atoms with van der Waals surface area (Å²) in [7, 11) is 3.19. The Labute approximate surface area is 94.9 Å². The molecule has 86 valence electrons. The lowest BCUT2D eigenvalue weighted by Crippen LogP contribution is -2.00. The second kappa shape index (κ2) is 6.02. The number of ether oxygens (including phenoxy) is 2. The zero-order valence-electron chi connectivity index (χ0n) is 9.69. The van der Waals surface area contributed by atoms with E-state index in [0.29, 0.717) is 12.4 Å². The Morgan fingerprint density at radius 2 is 2.19 bits per heavy atom. The number of aryl methyl sites for hydroxylation is 1. The van der Waals surface area contributed by atoms with Gasteiger partial charge in [0.1, 0.15) is 12.0 Å². The number of aldehydes is 1. The van der Waals surface area contributed by atoms with Crippen LogP contribution in [0.4, 0.5) is 0 Å². The third-order valence-corrected chi connectivity index (χ3v) is 2.18. The summed E-state index contributed by atoms with van der Waals surface area (Å²) in [6, 6.07) is 0. The van der Waals surface area contributed by atoms with Crippen molar-refractivity contribution in [1.29, 1.82) is 0 Å². The van der Waals surface area contributed by atoms with Crippen molar-refractivity contribution in [2.75, 3.05) is 14.2 Å². The van der Waals surface area contributed by atoms with E-state index >= 15 is 0 Å². The molecule has 0 radical (unpaired) electrons. The van der Waals surface area contributed by atoms with Gasteiger partial charge < -0.3 is 9.47 Å². The van der Waals surface area contributed by atoms with Gasteiger partial charge in [0.15, 0.2) is 0 Å². The Hall–Kier alpha value is -1.68. The van der Waals surface area contributed by atoms with Gasteiger partial charge in [-0.1, -0.05) is 0 Å². The molecule has 0 saturated carbocycles. The second-order valence-corrected chi connectivity index (χ2v) is 3.24. The number of rotatable bonds is 5. The van der Waals surface area contributed by atoms with Gasteiger partial charge in [-0.15, -0.1) is 0 Å². The lowest BCUT2D eigenvalue weighted by atomic mass is 10.1. The molecule has 0 aliphatic carbocycles. The Balaban J connectivity index is 3.28. The van der Waals surface area contributed by atoms with Crippen molar-refractivity contribution in [2.24, 2.45) is 0 Å². The van der Waals surface area contributed by atoms with Crippen LogP contribution in [-0.4, -0.2) is 25.5 Å². The highest BCUT2D eigenvalue weighted by molar-refractivity contribution is 5.76. The van der Waals surface area contributed by atoms with E-state index in [1.165, 1.54) is 6.08 Å². The minimum absolute atomic E-state index is 0.433. The van der Waals surface area contributed by atoms with Crippen LogP contribution in [0.1, 0.15) is 16.8 Å². The first-order valence-electron chi connectivity index (χ1n) is 4.87. The van der Waals surface area contributed by atoms with E-state index in [1.807, 2.05) is 6.92 Å². The predicted molar refractivity (Wildman–Crippen MR) is 61.3 cm³/mol. The molecule has 1 aromatic heterocycles. The molecule has 0 aliphatic rings. The molecular formula is C12H15NO3. The molecule has 0 N–H and O–H groups in total. The second-order valence-electron chi connectivity index (χ2n) is 3.24. The normalized spacial score (nSPS) is 10.7. The standard InChI is InChI=1S/C12H15NO3/c1-9-12(16-3)11(5-4-6-14)10(7-13-9)8-15-2/h4-7H,8H2,1-3H3/b5-4+. The molecule has 0 aliphatic heterocycles. The number of carbonyl (C=O) groups is 1. The number of methoxy groups -OCH3 is 2. The molecule has 0 bridgehead atoms. The number of allylic oxidation sites excluding steroid dienone is 1. The Morgan fingerprint density at radius 1 is 1.44 bits per heavy atom. The smallest absolute Gasteiger partial charge is 0.147 e. The van der Waals surface area contributed by atoms with E-state index in [2.05, 4.69) is 4.98 Å². The maximum absolute atomic E-state index is 10.4. The fourth-order valence-electron chi connectivity index (χ4n) is 1.49. The minimum atomic E-state index is 0.433. The molecule has 0 spiro atoms. The largest absolute Gasteiger partial charge is 0.494 e. The van der Waals surface area contributed by atoms with E-state index in [1.54, 1.807) is 26.5 Å². The van der Waals surface area contributed by atoms with Gasteiger partial charge in [-0.2, -0.15) is 0 Å². The molecule has 4 nitrogen and oxygen atoms in total. The SMILES string of the molecule is COCc1cnc(C)c(OC)c1/C=C/C=O. The summed E-state index contributed by atoms with van der Waals surface area (Å²) in [6.07, 6.45) is 5.59. The van der Waals surface area contributed by atoms with Gasteiger partial charge in [0.25, 0.3) is 0 Å². The topological polar surface area (TPSA) is 48.4 Å². The first kappa shape index (κ1) is 12.4. The highest BCUT2D eigenvalue weighted by Gasteiger charge is 2.10. The van der Waals surface area contributed by atoms with Gasteiger partial charge in [-0.05, 0) is 19.1 Å². The summed E-state index contributed by atoms with van der Waals surface area (Å²) >= 11 is 0. The summed E-state index contributed by atoms with van der Waals surface area (Å²) < 4.78 is 10.3. The highest BCUT2D eigenvalue weighted by atomic mass is 16.5. The number of nitrogens with zero attached hydrogens (tertiary/aromatic N) is 1. The van der Waals surface area contributed by atoms with Gasteiger partial charge in [0.2, 0.25) is 0 Å². The zero-order valence-corrected chi connectivity index (χ0v) is 9.69. The molecule has 0 unspecified atom stereocenters. The monoisotopic (exact) mass is 221 g/mol. The number of hydrogen-bond donors (Lipinski definition) is 0. The van der Waals surface area contributed by atoms with Crippen LogP contribution < -0.4 is 4.74 Å². The zero-order chi connectivity index (χ0) is 12.0. The summed E-state index contributed by atoms with van der Waals surface area (Å²) in [5, 5.41) is 0. The minimum Gasteiger partial charge on any atom is -0.494 e. The molecule has 0 aromatic carbocycles. The number of aromatic nitrogens is 1. The van der Waals surface area contributed by atoms with Crippen molar-refractivity contribution >= 4 is 12.4 Å². The van der Waals surface area contributed by atoms with Crippen molar-refractivity contribution in [3.8, 4) is 5.75 Å². The average Bonchev–Trinajstić information content (AvgIpc) is 2.29. The third-order valence-electron chi connectivity index (χ3n) is 2.18. The molecule has 1 aromatic rings. The summed E-state index contributed by atoms with van der Waals surface area (Å²) in [5.41, 5.74) is 2.51. The first-order valence-corrected chi connectivity index (χ1v) is 4.87. The number of pyridine rings is 1.